The van der Waals surface area contributed by atoms with Crippen molar-refractivity contribution in [3.05, 3.63) is 24.3 Å². The lowest BCUT2D eigenvalue weighted by Gasteiger charge is -2.07. The van der Waals surface area contributed by atoms with E-state index in [2.05, 4.69) is 10.6 Å². The molecule has 3 N–H and O–H groups in total. The number of hydrogen-bond acceptors (Lipinski definition) is 3. The summed E-state index contributed by atoms with van der Waals surface area (Å²) >= 11 is 4.83. The van der Waals surface area contributed by atoms with Crippen molar-refractivity contribution in [2.45, 2.75) is 6.92 Å². The third kappa shape index (κ3) is 3.40. The fraction of sp³-hybridized carbons (Fsp3) is 0.111. The molecule has 0 radical (unpaired) electrons. The van der Waals surface area contributed by atoms with E-state index in [4.69, 9.17) is 17.3 Å². The average Bonchev–Trinajstić information content (AvgIpc) is 2.01. The lowest BCUT2D eigenvalue weighted by atomic mass is 10.3. The molecule has 5 heteroatoms. The van der Waals surface area contributed by atoms with E-state index in [0.29, 0.717) is 5.69 Å². The number of rotatable bonds is 1. The standard InChI is InChI=1S/C9H10N2O2S/c1-6(12)10-9(14)11-7-3-2-4-8(13)5-7/h2-5,13H,1H3,(H2,10,11,12,14). The normalized spacial score (nSPS) is 9.21. The van der Waals surface area contributed by atoms with Gasteiger partial charge >= 0.3 is 0 Å². The number of hydrogen-bond donors (Lipinski definition) is 3. The van der Waals surface area contributed by atoms with Crippen LogP contribution in [0.5, 0.6) is 5.75 Å². The number of phenolic OH excluding ortho intramolecular Hbond substituents is 1. The topological polar surface area (TPSA) is 61.4 Å². The third-order valence-corrected chi connectivity index (χ3v) is 1.60. The quantitative estimate of drug-likeness (QED) is 0.610. The van der Waals surface area contributed by atoms with Crippen LogP contribution in [0.15, 0.2) is 24.3 Å². The van der Waals surface area contributed by atoms with Crippen molar-refractivity contribution in [1.29, 1.82) is 0 Å². The third-order valence-electron chi connectivity index (χ3n) is 1.39. The largest absolute Gasteiger partial charge is 0.508 e. The number of thiocarbonyl (C=S) groups is 1. The van der Waals surface area contributed by atoms with Crippen molar-refractivity contribution in [3.8, 4) is 5.75 Å². The van der Waals surface area contributed by atoms with Crippen LogP contribution in [0.1, 0.15) is 6.92 Å². The Morgan fingerprint density at radius 3 is 2.79 bits per heavy atom. The predicted molar refractivity (Wildman–Crippen MR) is 58.1 cm³/mol. The lowest BCUT2D eigenvalue weighted by molar-refractivity contribution is -0.117. The molecule has 14 heavy (non-hydrogen) atoms. The fourth-order valence-electron chi connectivity index (χ4n) is 0.906. The van der Waals surface area contributed by atoms with Gasteiger partial charge in [-0.25, -0.2) is 0 Å². The van der Waals surface area contributed by atoms with Crippen molar-refractivity contribution >= 4 is 28.9 Å². The van der Waals surface area contributed by atoms with E-state index in [1.807, 2.05) is 0 Å². The van der Waals surface area contributed by atoms with E-state index < -0.39 is 0 Å². The Kier molecular flexibility index (Phi) is 3.41. The molecule has 1 amide bonds. The first-order valence-electron chi connectivity index (χ1n) is 3.95. The maximum atomic E-state index is 10.6. The highest BCUT2D eigenvalue weighted by Crippen LogP contribution is 2.14. The van der Waals surface area contributed by atoms with E-state index in [1.165, 1.54) is 13.0 Å². The molecule has 74 valence electrons. The van der Waals surface area contributed by atoms with Gasteiger partial charge in [-0.05, 0) is 24.4 Å². The average molecular weight is 210 g/mol. The summed E-state index contributed by atoms with van der Waals surface area (Å²) in [6.07, 6.45) is 0. The van der Waals surface area contributed by atoms with Crippen LogP contribution in [0.4, 0.5) is 5.69 Å². The Bertz CT molecular complexity index is 366. The van der Waals surface area contributed by atoms with Gasteiger partial charge in [0.15, 0.2) is 5.11 Å². The molecular formula is C9H10N2O2S. The first-order valence-corrected chi connectivity index (χ1v) is 4.36. The summed E-state index contributed by atoms with van der Waals surface area (Å²) in [6, 6.07) is 6.46. The van der Waals surface area contributed by atoms with Crippen LogP contribution in [0.2, 0.25) is 0 Å². The molecular weight excluding hydrogens is 200 g/mol. The molecule has 0 unspecified atom stereocenters. The van der Waals surface area contributed by atoms with Gasteiger partial charge in [-0.2, -0.15) is 0 Å². The van der Waals surface area contributed by atoms with Crippen molar-refractivity contribution in [3.63, 3.8) is 0 Å². The van der Waals surface area contributed by atoms with Crippen molar-refractivity contribution in [2.24, 2.45) is 0 Å². The molecule has 1 aromatic carbocycles. The molecule has 0 aliphatic rings. The van der Waals surface area contributed by atoms with Gasteiger partial charge in [0.1, 0.15) is 5.75 Å². The smallest absolute Gasteiger partial charge is 0.222 e. The van der Waals surface area contributed by atoms with E-state index in [0.717, 1.165) is 0 Å². The molecule has 1 aromatic rings. The minimum absolute atomic E-state index is 0.139. The molecule has 0 spiro atoms. The summed E-state index contributed by atoms with van der Waals surface area (Å²) in [5, 5.41) is 14.5. The van der Waals surface area contributed by atoms with Gasteiger partial charge in [0.25, 0.3) is 0 Å². The fourth-order valence-corrected chi connectivity index (χ4v) is 1.17. The maximum absolute atomic E-state index is 10.6. The van der Waals surface area contributed by atoms with E-state index >= 15 is 0 Å². The van der Waals surface area contributed by atoms with Crippen LogP contribution in [0.25, 0.3) is 0 Å². The van der Waals surface area contributed by atoms with Crippen molar-refractivity contribution in [2.75, 3.05) is 5.32 Å². The van der Waals surface area contributed by atoms with Gasteiger partial charge < -0.3 is 15.7 Å². The van der Waals surface area contributed by atoms with E-state index in [9.17, 15) is 4.79 Å². The number of aromatic hydroxyl groups is 1. The van der Waals surface area contributed by atoms with Gasteiger partial charge in [-0.3, -0.25) is 4.79 Å². The van der Waals surface area contributed by atoms with Crippen LogP contribution in [-0.4, -0.2) is 16.1 Å². The first kappa shape index (κ1) is 10.5. The molecule has 0 saturated heterocycles. The molecule has 0 atom stereocenters. The zero-order valence-electron chi connectivity index (χ0n) is 7.57. The van der Waals surface area contributed by atoms with Gasteiger partial charge in [0, 0.05) is 18.7 Å². The number of phenols is 1. The second-order valence-corrected chi connectivity index (χ2v) is 3.09. The minimum Gasteiger partial charge on any atom is -0.508 e. The van der Waals surface area contributed by atoms with Crippen LogP contribution in [0, 0.1) is 0 Å². The number of amides is 1. The van der Waals surface area contributed by atoms with Crippen LogP contribution in [0.3, 0.4) is 0 Å². The van der Waals surface area contributed by atoms with Crippen LogP contribution >= 0.6 is 12.2 Å². The number of anilines is 1. The molecule has 0 aromatic heterocycles. The zero-order chi connectivity index (χ0) is 10.6. The lowest BCUT2D eigenvalue weighted by Crippen LogP contribution is -2.32. The Balaban J connectivity index is 2.60. The van der Waals surface area contributed by atoms with Crippen molar-refractivity contribution in [1.82, 2.24) is 5.32 Å². The van der Waals surface area contributed by atoms with E-state index in [1.54, 1.807) is 18.2 Å². The summed E-state index contributed by atoms with van der Waals surface area (Å²) in [5.74, 6) is -0.0942. The summed E-state index contributed by atoms with van der Waals surface area (Å²) in [4.78, 5) is 10.6. The molecule has 0 heterocycles. The number of nitrogens with one attached hydrogen (secondary N) is 2. The highest BCUT2D eigenvalue weighted by atomic mass is 32.1. The highest BCUT2D eigenvalue weighted by Gasteiger charge is 1.99. The summed E-state index contributed by atoms with van der Waals surface area (Å²) in [7, 11) is 0. The molecule has 1 rings (SSSR count). The Labute approximate surface area is 86.9 Å². The highest BCUT2D eigenvalue weighted by molar-refractivity contribution is 7.80. The molecule has 0 saturated carbocycles. The van der Waals surface area contributed by atoms with Crippen LogP contribution in [-0.2, 0) is 4.79 Å². The number of benzene rings is 1. The minimum atomic E-state index is -0.234. The molecule has 0 fully saturated rings. The summed E-state index contributed by atoms with van der Waals surface area (Å²) in [6.45, 7) is 1.37. The van der Waals surface area contributed by atoms with Gasteiger partial charge in [-0.1, -0.05) is 6.07 Å². The zero-order valence-corrected chi connectivity index (χ0v) is 8.39. The van der Waals surface area contributed by atoms with E-state index in [-0.39, 0.29) is 16.8 Å². The second kappa shape index (κ2) is 4.57. The number of carbonyl (C=O) groups excluding carboxylic acids is 1. The maximum Gasteiger partial charge on any atom is 0.222 e. The SMILES string of the molecule is CC(=O)NC(=S)Nc1cccc(O)c1. The molecule has 4 nitrogen and oxygen atoms in total. The molecule has 0 bridgehead atoms. The monoisotopic (exact) mass is 210 g/mol. The molecule has 0 aliphatic heterocycles. The Morgan fingerprint density at radius 1 is 1.50 bits per heavy atom. The van der Waals surface area contributed by atoms with Crippen LogP contribution < -0.4 is 10.6 Å². The van der Waals surface area contributed by atoms with Gasteiger partial charge in [-0.15, -0.1) is 0 Å². The molecule has 0 aliphatic carbocycles. The Hall–Kier alpha value is -1.62. The van der Waals surface area contributed by atoms with Gasteiger partial charge in [0.2, 0.25) is 5.91 Å². The Morgan fingerprint density at radius 2 is 2.21 bits per heavy atom. The first-order chi connectivity index (χ1) is 6.58. The van der Waals surface area contributed by atoms with Crippen molar-refractivity contribution < 1.29 is 9.90 Å². The van der Waals surface area contributed by atoms with Gasteiger partial charge in [0.05, 0.1) is 0 Å². The number of carbonyl (C=O) groups is 1. The summed E-state index contributed by atoms with van der Waals surface area (Å²) in [5.41, 5.74) is 0.628. The second-order valence-electron chi connectivity index (χ2n) is 2.69. The predicted octanol–water partition coefficient (Wildman–Crippen LogP) is 1.23. The summed E-state index contributed by atoms with van der Waals surface area (Å²) < 4.78 is 0.